The van der Waals surface area contributed by atoms with E-state index in [4.69, 9.17) is 0 Å². The van der Waals surface area contributed by atoms with Gasteiger partial charge in [-0.15, -0.1) is 0 Å². The molecule has 2 rings (SSSR count). The molecule has 1 aromatic carbocycles. The van der Waals surface area contributed by atoms with Gasteiger partial charge in [0.2, 0.25) is 0 Å². The summed E-state index contributed by atoms with van der Waals surface area (Å²) in [4.78, 5) is 16.8. The van der Waals surface area contributed by atoms with E-state index in [0.717, 1.165) is 5.56 Å². The predicted molar refractivity (Wildman–Crippen MR) is 71.7 cm³/mol. The third-order valence-corrected chi connectivity index (χ3v) is 3.33. The standard InChI is InChI=1S/C14H18N2O2/c1-9(2)12(7-17)16-8-15-11-6-4-5-10(3)13(11)14(16)18/h4-6,8-9,12,17H,7H2,1-3H3/t12-/m1/s1. The second-order valence-corrected chi connectivity index (χ2v) is 4.92. The van der Waals surface area contributed by atoms with Crippen LogP contribution in [0.3, 0.4) is 0 Å². The van der Waals surface area contributed by atoms with Crippen molar-refractivity contribution < 1.29 is 5.11 Å². The number of nitrogens with zero attached hydrogens (tertiary/aromatic N) is 2. The topological polar surface area (TPSA) is 55.1 Å². The van der Waals surface area contributed by atoms with Gasteiger partial charge in [0.15, 0.2) is 0 Å². The lowest BCUT2D eigenvalue weighted by atomic mass is 10.0. The van der Waals surface area contributed by atoms with Crippen LogP contribution in [0.15, 0.2) is 29.3 Å². The normalized spacial score (nSPS) is 13.2. The number of hydrogen-bond acceptors (Lipinski definition) is 3. The molecule has 0 bridgehead atoms. The fraction of sp³-hybridized carbons (Fsp3) is 0.429. The largest absolute Gasteiger partial charge is 0.394 e. The van der Waals surface area contributed by atoms with E-state index in [-0.39, 0.29) is 24.1 Å². The summed E-state index contributed by atoms with van der Waals surface area (Å²) >= 11 is 0. The SMILES string of the molecule is Cc1cccc2ncn([C@H](CO)C(C)C)c(=O)c12. The molecular formula is C14H18N2O2. The number of aryl methyl sites for hydroxylation is 1. The fourth-order valence-corrected chi connectivity index (χ4v) is 2.20. The summed E-state index contributed by atoms with van der Waals surface area (Å²) in [6, 6.07) is 5.39. The Kier molecular flexibility index (Phi) is 3.48. The lowest BCUT2D eigenvalue weighted by Gasteiger charge is -2.21. The number of aromatic nitrogens is 2. The molecule has 0 saturated carbocycles. The number of rotatable bonds is 3. The smallest absolute Gasteiger partial charge is 0.261 e. The first-order valence-corrected chi connectivity index (χ1v) is 6.13. The van der Waals surface area contributed by atoms with Crippen molar-refractivity contribution in [1.29, 1.82) is 0 Å². The van der Waals surface area contributed by atoms with Crippen molar-refractivity contribution in [3.8, 4) is 0 Å². The molecule has 1 N–H and O–H groups in total. The Hall–Kier alpha value is -1.68. The predicted octanol–water partition coefficient (Wildman–Crippen LogP) is 1.89. The number of hydrogen-bond donors (Lipinski definition) is 1. The van der Waals surface area contributed by atoms with Gasteiger partial charge in [0.1, 0.15) is 0 Å². The van der Waals surface area contributed by atoms with E-state index >= 15 is 0 Å². The first-order chi connectivity index (χ1) is 8.56. The molecule has 2 aromatic rings. The fourth-order valence-electron chi connectivity index (χ4n) is 2.20. The molecule has 18 heavy (non-hydrogen) atoms. The van der Waals surface area contributed by atoms with Gasteiger partial charge in [-0.1, -0.05) is 26.0 Å². The first-order valence-electron chi connectivity index (χ1n) is 6.13. The Morgan fingerprint density at radius 2 is 2.11 bits per heavy atom. The van der Waals surface area contributed by atoms with E-state index in [1.54, 1.807) is 4.57 Å². The summed E-state index contributed by atoms with van der Waals surface area (Å²) < 4.78 is 1.54. The van der Waals surface area contributed by atoms with E-state index in [1.807, 2.05) is 39.0 Å². The third-order valence-electron chi connectivity index (χ3n) is 3.33. The number of benzene rings is 1. The van der Waals surface area contributed by atoms with E-state index in [2.05, 4.69) is 4.98 Å². The van der Waals surface area contributed by atoms with Crippen molar-refractivity contribution in [3.63, 3.8) is 0 Å². The Morgan fingerprint density at radius 1 is 1.39 bits per heavy atom. The summed E-state index contributed by atoms with van der Waals surface area (Å²) in [6.45, 7) is 5.81. The highest BCUT2D eigenvalue weighted by molar-refractivity contribution is 5.80. The zero-order valence-corrected chi connectivity index (χ0v) is 10.9. The molecule has 1 aromatic heterocycles. The maximum absolute atomic E-state index is 12.5. The van der Waals surface area contributed by atoms with Crippen LogP contribution in [0.1, 0.15) is 25.5 Å². The zero-order valence-electron chi connectivity index (χ0n) is 10.9. The van der Waals surface area contributed by atoms with Crippen LogP contribution in [-0.4, -0.2) is 21.3 Å². The van der Waals surface area contributed by atoms with Crippen LogP contribution >= 0.6 is 0 Å². The Bertz CT molecular complexity index is 617. The highest BCUT2D eigenvalue weighted by atomic mass is 16.3. The lowest BCUT2D eigenvalue weighted by molar-refractivity contribution is 0.189. The molecule has 0 spiro atoms. The van der Waals surface area contributed by atoms with E-state index in [1.165, 1.54) is 6.33 Å². The van der Waals surface area contributed by atoms with Crippen LogP contribution in [0.2, 0.25) is 0 Å². The van der Waals surface area contributed by atoms with Crippen molar-refractivity contribution in [3.05, 3.63) is 40.4 Å². The zero-order chi connectivity index (χ0) is 13.3. The van der Waals surface area contributed by atoms with E-state index in [9.17, 15) is 9.90 Å². The number of aliphatic hydroxyl groups excluding tert-OH is 1. The quantitative estimate of drug-likeness (QED) is 0.899. The highest BCUT2D eigenvalue weighted by Gasteiger charge is 2.17. The van der Waals surface area contributed by atoms with Crippen molar-refractivity contribution in [2.75, 3.05) is 6.61 Å². The maximum atomic E-state index is 12.5. The molecule has 0 unspecified atom stereocenters. The maximum Gasteiger partial charge on any atom is 0.261 e. The van der Waals surface area contributed by atoms with Crippen LogP contribution in [0.4, 0.5) is 0 Å². The molecule has 0 radical (unpaired) electrons. The van der Waals surface area contributed by atoms with Crippen LogP contribution < -0.4 is 5.56 Å². The van der Waals surface area contributed by atoms with Crippen LogP contribution in [0, 0.1) is 12.8 Å². The van der Waals surface area contributed by atoms with Crippen molar-refractivity contribution in [2.24, 2.45) is 5.92 Å². The first kappa shape index (κ1) is 12.8. The van der Waals surface area contributed by atoms with Gasteiger partial charge in [0.05, 0.1) is 29.9 Å². The highest BCUT2D eigenvalue weighted by Crippen LogP contribution is 2.17. The minimum Gasteiger partial charge on any atom is -0.394 e. The molecule has 4 heteroatoms. The molecular weight excluding hydrogens is 228 g/mol. The van der Waals surface area contributed by atoms with Gasteiger partial charge < -0.3 is 5.11 Å². The van der Waals surface area contributed by atoms with Crippen LogP contribution in [-0.2, 0) is 0 Å². The Morgan fingerprint density at radius 3 is 2.72 bits per heavy atom. The molecule has 0 aliphatic rings. The summed E-state index contributed by atoms with van der Waals surface area (Å²) in [5.41, 5.74) is 1.54. The van der Waals surface area contributed by atoms with Crippen molar-refractivity contribution in [1.82, 2.24) is 9.55 Å². The van der Waals surface area contributed by atoms with E-state index < -0.39 is 0 Å². The van der Waals surface area contributed by atoms with Gasteiger partial charge in [-0.2, -0.15) is 0 Å². The molecule has 0 saturated heterocycles. The van der Waals surface area contributed by atoms with Gasteiger partial charge in [0, 0.05) is 0 Å². The van der Waals surface area contributed by atoms with Gasteiger partial charge in [0.25, 0.3) is 5.56 Å². The summed E-state index contributed by atoms with van der Waals surface area (Å²) in [5.74, 6) is 0.177. The van der Waals surface area contributed by atoms with Crippen molar-refractivity contribution >= 4 is 10.9 Å². The Labute approximate surface area is 106 Å². The molecule has 1 heterocycles. The number of aliphatic hydroxyl groups is 1. The third kappa shape index (κ3) is 2.04. The van der Waals surface area contributed by atoms with Gasteiger partial charge >= 0.3 is 0 Å². The van der Waals surface area contributed by atoms with Crippen LogP contribution in [0.25, 0.3) is 10.9 Å². The molecule has 1 atom stereocenters. The molecule has 0 aliphatic carbocycles. The molecule has 4 nitrogen and oxygen atoms in total. The molecule has 0 fully saturated rings. The average Bonchev–Trinajstić information content (AvgIpc) is 2.32. The summed E-state index contributed by atoms with van der Waals surface area (Å²) in [7, 11) is 0. The second kappa shape index (κ2) is 4.90. The van der Waals surface area contributed by atoms with Gasteiger partial charge in [-0.25, -0.2) is 4.98 Å². The monoisotopic (exact) mass is 246 g/mol. The minimum absolute atomic E-state index is 0.0589. The van der Waals surface area contributed by atoms with Crippen LogP contribution in [0.5, 0.6) is 0 Å². The Balaban J connectivity index is 2.72. The van der Waals surface area contributed by atoms with Gasteiger partial charge in [-0.05, 0) is 24.5 Å². The molecule has 96 valence electrons. The lowest BCUT2D eigenvalue weighted by Crippen LogP contribution is -2.30. The van der Waals surface area contributed by atoms with E-state index in [0.29, 0.717) is 10.9 Å². The average molecular weight is 246 g/mol. The summed E-state index contributed by atoms with van der Waals surface area (Å²) in [5, 5.41) is 10.1. The molecule has 0 amide bonds. The van der Waals surface area contributed by atoms with Gasteiger partial charge in [-0.3, -0.25) is 9.36 Å². The minimum atomic E-state index is -0.228. The summed E-state index contributed by atoms with van der Waals surface area (Å²) in [6.07, 6.45) is 1.53. The number of fused-ring (bicyclic) bond motifs is 1. The molecule has 0 aliphatic heterocycles. The van der Waals surface area contributed by atoms with Crippen molar-refractivity contribution in [2.45, 2.75) is 26.8 Å². The second-order valence-electron chi connectivity index (χ2n) is 4.92.